The first kappa shape index (κ1) is 23.5. The van der Waals surface area contributed by atoms with Gasteiger partial charge in [0.25, 0.3) is 0 Å². The highest BCUT2D eigenvalue weighted by atomic mass is 35.5. The Bertz CT molecular complexity index is 891. The van der Waals surface area contributed by atoms with Gasteiger partial charge in [0.05, 0.1) is 10.0 Å². The van der Waals surface area contributed by atoms with Crippen LogP contribution in [0.15, 0.2) is 47.4 Å². The van der Waals surface area contributed by atoms with Gasteiger partial charge in [0.1, 0.15) is 4.90 Å². The Morgan fingerprint density at radius 3 is 2.50 bits per heavy atom. The van der Waals surface area contributed by atoms with Crippen LogP contribution in [-0.4, -0.2) is 33.0 Å². The molecule has 0 atom stereocenters. The molecule has 154 valence electrons. The van der Waals surface area contributed by atoms with Gasteiger partial charge in [0.15, 0.2) is 0 Å². The van der Waals surface area contributed by atoms with Crippen LogP contribution in [-0.2, 0) is 23.0 Å². The minimum Gasteiger partial charge on any atom is -0.299 e. The second-order valence-corrected chi connectivity index (χ2v) is 9.33. The molecular weight excluding hydrogens is 439 g/mol. The summed E-state index contributed by atoms with van der Waals surface area (Å²) in [5.41, 5.74) is 2.89. The highest BCUT2D eigenvalue weighted by Crippen LogP contribution is 2.28. The van der Waals surface area contributed by atoms with Gasteiger partial charge in [-0.25, -0.2) is 13.1 Å². The summed E-state index contributed by atoms with van der Waals surface area (Å²) in [6.07, 6.45) is 3.93. The molecular formula is C20H25Cl3N2O2S. The molecule has 0 aromatic heterocycles. The van der Waals surface area contributed by atoms with Gasteiger partial charge in [-0.05, 0) is 49.1 Å². The lowest BCUT2D eigenvalue weighted by molar-refractivity contribution is 0.248. The van der Waals surface area contributed by atoms with Crippen molar-refractivity contribution in [3.05, 3.63) is 63.6 Å². The first-order valence-corrected chi connectivity index (χ1v) is 11.4. The average Bonchev–Trinajstić information content (AvgIpc) is 2.66. The molecule has 0 radical (unpaired) electrons. The van der Waals surface area contributed by atoms with Crippen LogP contribution in [0.4, 0.5) is 0 Å². The molecule has 1 N–H and O–H groups in total. The summed E-state index contributed by atoms with van der Waals surface area (Å²) in [5, 5.41) is 0.305. The van der Waals surface area contributed by atoms with E-state index in [-0.39, 0.29) is 27.3 Å². The number of benzene rings is 2. The molecule has 1 aliphatic rings. The van der Waals surface area contributed by atoms with Gasteiger partial charge in [-0.1, -0.05) is 60.0 Å². The largest absolute Gasteiger partial charge is 0.299 e. The summed E-state index contributed by atoms with van der Waals surface area (Å²) in [6, 6.07) is 13.2. The summed E-state index contributed by atoms with van der Waals surface area (Å²) in [4.78, 5) is 2.50. The molecule has 0 aliphatic carbocycles. The van der Waals surface area contributed by atoms with Crippen molar-refractivity contribution in [3.8, 4) is 0 Å². The van der Waals surface area contributed by atoms with Crippen molar-refractivity contribution in [1.29, 1.82) is 0 Å². The Kier molecular flexibility index (Phi) is 9.06. The van der Waals surface area contributed by atoms with Crippen LogP contribution in [0.1, 0.15) is 30.4 Å². The van der Waals surface area contributed by atoms with Crippen LogP contribution in [0.2, 0.25) is 10.0 Å². The number of halogens is 3. The monoisotopic (exact) mass is 462 g/mol. The highest BCUT2D eigenvalue weighted by molar-refractivity contribution is 7.89. The van der Waals surface area contributed by atoms with Crippen molar-refractivity contribution < 1.29 is 8.42 Å². The fourth-order valence-corrected chi connectivity index (χ4v) is 5.19. The predicted octanol–water partition coefficient (Wildman–Crippen LogP) is 4.92. The third kappa shape index (κ3) is 6.09. The van der Waals surface area contributed by atoms with Crippen molar-refractivity contribution in [1.82, 2.24) is 9.62 Å². The van der Waals surface area contributed by atoms with Crippen molar-refractivity contribution in [2.75, 3.05) is 19.6 Å². The third-order valence-corrected chi connectivity index (χ3v) is 7.29. The lowest BCUT2D eigenvalue weighted by Crippen LogP contribution is -2.31. The molecule has 1 heterocycles. The molecule has 4 nitrogen and oxygen atoms in total. The van der Waals surface area contributed by atoms with Crippen LogP contribution < -0.4 is 4.72 Å². The minimum absolute atomic E-state index is 0. The zero-order chi connectivity index (χ0) is 19.3. The molecule has 0 saturated carbocycles. The Balaban J connectivity index is 0.00000280. The topological polar surface area (TPSA) is 49.4 Å². The number of rotatable bonds is 8. The maximum atomic E-state index is 12.3. The second kappa shape index (κ2) is 10.8. The summed E-state index contributed by atoms with van der Waals surface area (Å²) in [6.45, 7) is 3.54. The molecule has 0 spiro atoms. The van der Waals surface area contributed by atoms with E-state index < -0.39 is 10.0 Å². The van der Waals surface area contributed by atoms with Crippen LogP contribution in [0, 0.1) is 0 Å². The summed E-state index contributed by atoms with van der Waals surface area (Å²) in [7, 11) is -3.63. The van der Waals surface area contributed by atoms with Crippen molar-refractivity contribution in [2.45, 2.75) is 37.1 Å². The van der Waals surface area contributed by atoms with E-state index in [2.05, 4.69) is 33.9 Å². The van der Waals surface area contributed by atoms with Gasteiger partial charge >= 0.3 is 0 Å². The molecule has 2 aromatic rings. The maximum absolute atomic E-state index is 12.3. The fourth-order valence-electron chi connectivity index (χ4n) is 3.36. The minimum atomic E-state index is -3.63. The maximum Gasteiger partial charge on any atom is 0.242 e. The number of hydrogen-bond acceptors (Lipinski definition) is 3. The van der Waals surface area contributed by atoms with Crippen molar-refractivity contribution >= 4 is 45.6 Å². The number of nitrogens with zero attached hydrogens (tertiary/aromatic N) is 1. The summed E-state index contributed by atoms with van der Waals surface area (Å²) >= 11 is 11.9. The number of sulfonamides is 1. The first-order valence-electron chi connectivity index (χ1n) is 9.20. The van der Waals surface area contributed by atoms with E-state index in [1.54, 1.807) is 12.1 Å². The first-order chi connectivity index (χ1) is 13.0. The lowest BCUT2D eigenvalue weighted by Gasteiger charge is -2.28. The average molecular weight is 464 g/mol. The molecule has 1 aliphatic heterocycles. The molecule has 0 bridgehead atoms. The zero-order valence-electron chi connectivity index (χ0n) is 15.5. The van der Waals surface area contributed by atoms with Gasteiger partial charge in [0, 0.05) is 19.6 Å². The number of hydrogen-bond donors (Lipinski definition) is 1. The number of nitrogens with one attached hydrogen (secondary N) is 1. The standard InChI is InChI=1S/C20H24Cl2N2O2S.ClH/c21-18-9-6-10-19(20(18)22)27(25,26)23-12-4-1-5-13-24-14-11-16-7-2-3-8-17(16)15-24;/h2-3,6-10,23H,1,4-5,11-15H2;1H. The van der Waals surface area contributed by atoms with Gasteiger partial charge in [-0.15, -0.1) is 12.4 Å². The Morgan fingerprint density at radius 2 is 1.71 bits per heavy atom. The third-order valence-electron chi connectivity index (χ3n) is 4.86. The normalized spacial score (nSPS) is 14.4. The summed E-state index contributed by atoms with van der Waals surface area (Å²) < 4.78 is 27.3. The van der Waals surface area contributed by atoms with E-state index >= 15 is 0 Å². The fraction of sp³-hybridized carbons (Fsp3) is 0.400. The summed E-state index contributed by atoms with van der Waals surface area (Å²) in [5.74, 6) is 0. The van der Waals surface area contributed by atoms with E-state index in [1.165, 1.54) is 17.2 Å². The molecule has 28 heavy (non-hydrogen) atoms. The van der Waals surface area contributed by atoms with Gasteiger partial charge in [-0.2, -0.15) is 0 Å². The predicted molar refractivity (Wildman–Crippen MR) is 118 cm³/mol. The Labute approximate surface area is 183 Å². The Hall–Kier alpha value is -0.820. The van der Waals surface area contributed by atoms with E-state index in [0.29, 0.717) is 6.54 Å². The van der Waals surface area contributed by atoms with Gasteiger partial charge < -0.3 is 0 Å². The molecule has 0 fully saturated rings. The van der Waals surface area contributed by atoms with E-state index in [1.807, 2.05) is 0 Å². The van der Waals surface area contributed by atoms with E-state index in [4.69, 9.17) is 23.2 Å². The molecule has 0 amide bonds. The Morgan fingerprint density at radius 1 is 0.964 bits per heavy atom. The quantitative estimate of drug-likeness (QED) is 0.565. The molecule has 2 aromatic carbocycles. The SMILES string of the molecule is Cl.O=S(=O)(NCCCCCN1CCc2ccccc2C1)c1cccc(Cl)c1Cl. The molecule has 3 rings (SSSR count). The van der Waals surface area contributed by atoms with Gasteiger partial charge in [0.2, 0.25) is 10.0 Å². The highest BCUT2D eigenvalue weighted by Gasteiger charge is 2.19. The van der Waals surface area contributed by atoms with Crippen molar-refractivity contribution in [3.63, 3.8) is 0 Å². The lowest BCUT2D eigenvalue weighted by atomic mass is 10.00. The van der Waals surface area contributed by atoms with Crippen LogP contribution in [0.25, 0.3) is 0 Å². The molecule has 0 unspecified atom stereocenters. The molecule has 8 heteroatoms. The van der Waals surface area contributed by atoms with E-state index in [9.17, 15) is 8.42 Å². The molecule has 0 saturated heterocycles. The number of fused-ring (bicyclic) bond motifs is 1. The van der Waals surface area contributed by atoms with Crippen LogP contribution in [0.3, 0.4) is 0 Å². The second-order valence-electron chi connectivity index (χ2n) is 6.81. The smallest absolute Gasteiger partial charge is 0.242 e. The van der Waals surface area contributed by atoms with E-state index in [0.717, 1.165) is 45.3 Å². The number of unbranched alkanes of at least 4 members (excludes halogenated alkanes) is 2. The van der Waals surface area contributed by atoms with Crippen LogP contribution >= 0.6 is 35.6 Å². The van der Waals surface area contributed by atoms with Gasteiger partial charge in [-0.3, -0.25) is 4.90 Å². The van der Waals surface area contributed by atoms with Crippen molar-refractivity contribution in [2.24, 2.45) is 0 Å². The van der Waals surface area contributed by atoms with Crippen LogP contribution in [0.5, 0.6) is 0 Å². The zero-order valence-corrected chi connectivity index (χ0v) is 18.7.